The molecule has 2 aromatic rings. The predicted molar refractivity (Wildman–Crippen MR) is 98.2 cm³/mol. The van der Waals surface area contributed by atoms with Crippen LogP contribution in [-0.4, -0.2) is 22.6 Å². The molecule has 0 spiro atoms. The fourth-order valence-electron chi connectivity index (χ4n) is 1.93. The second-order valence-corrected chi connectivity index (χ2v) is 6.89. The van der Waals surface area contributed by atoms with E-state index in [0.29, 0.717) is 10.8 Å². The smallest absolute Gasteiger partial charge is 0.337 e. The Balaban J connectivity index is 2.21. The number of amides is 1. The molecule has 132 valence electrons. The minimum absolute atomic E-state index is 0.0211. The first-order valence-corrected chi connectivity index (χ1v) is 8.22. The number of hydrogen-bond donors (Lipinski definition) is 2. The van der Waals surface area contributed by atoms with E-state index in [1.165, 1.54) is 12.1 Å². The summed E-state index contributed by atoms with van der Waals surface area (Å²) in [5, 5.41) is 12.3. The summed E-state index contributed by atoms with van der Waals surface area (Å²) in [5.41, 5.74) is -1.29. The van der Waals surface area contributed by atoms with Crippen molar-refractivity contribution in [2.75, 3.05) is 5.32 Å². The Kier molecular flexibility index (Phi) is 5.83. The number of carboxylic acids is 1. The second-order valence-electron chi connectivity index (χ2n) is 5.64. The maximum Gasteiger partial charge on any atom is 0.337 e. The highest BCUT2D eigenvalue weighted by atomic mass is 35.5. The van der Waals surface area contributed by atoms with Crippen LogP contribution < -0.4 is 10.1 Å². The molecule has 0 saturated heterocycles. The van der Waals surface area contributed by atoms with E-state index in [4.69, 9.17) is 44.6 Å². The lowest BCUT2D eigenvalue weighted by molar-refractivity contribution is -0.128. The molecule has 25 heavy (non-hydrogen) atoms. The van der Waals surface area contributed by atoms with Crippen LogP contribution in [0.1, 0.15) is 24.2 Å². The first kappa shape index (κ1) is 19.4. The number of hydrogen-bond acceptors (Lipinski definition) is 3. The molecule has 0 saturated carbocycles. The highest BCUT2D eigenvalue weighted by molar-refractivity contribution is 6.38. The van der Waals surface area contributed by atoms with Crippen molar-refractivity contribution in [1.29, 1.82) is 0 Å². The largest absolute Gasteiger partial charge is 0.478 e. The van der Waals surface area contributed by atoms with Crippen LogP contribution in [0, 0.1) is 0 Å². The van der Waals surface area contributed by atoms with Gasteiger partial charge in [0.05, 0.1) is 21.3 Å². The third-order valence-electron chi connectivity index (χ3n) is 3.27. The molecule has 0 atom stereocenters. The molecule has 2 rings (SSSR count). The van der Waals surface area contributed by atoms with Crippen molar-refractivity contribution in [2.45, 2.75) is 19.4 Å². The van der Waals surface area contributed by atoms with Gasteiger partial charge in [0, 0.05) is 5.02 Å². The van der Waals surface area contributed by atoms with Crippen molar-refractivity contribution in [1.82, 2.24) is 0 Å². The molecule has 0 aliphatic carbocycles. The van der Waals surface area contributed by atoms with Crippen LogP contribution in [-0.2, 0) is 4.79 Å². The molecular formula is C17H14Cl3NO4. The number of benzene rings is 2. The van der Waals surface area contributed by atoms with Gasteiger partial charge in [-0.05, 0) is 50.2 Å². The average molecular weight is 403 g/mol. The van der Waals surface area contributed by atoms with E-state index in [0.717, 1.165) is 0 Å². The summed E-state index contributed by atoms with van der Waals surface area (Å²) in [6.45, 7) is 3.14. The van der Waals surface area contributed by atoms with Gasteiger partial charge in [-0.15, -0.1) is 0 Å². The summed E-state index contributed by atoms with van der Waals surface area (Å²) in [5.74, 6) is -1.28. The Morgan fingerprint density at radius 1 is 1.04 bits per heavy atom. The predicted octanol–water partition coefficient (Wildman–Crippen LogP) is 5.14. The summed E-state index contributed by atoms with van der Waals surface area (Å²) < 4.78 is 5.68. The summed E-state index contributed by atoms with van der Waals surface area (Å²) in [6, 6.07) is 9.00. The van der Waals surface area contributed by atoms with E-state index in [-0.39, 0.29) is 21.3 Å². The second kappa shape index (κ2) is 7.52. The maximum absolute atomic E-state index is 12.5. The van der Waals surface area contributed by atoms with Crippen LogP contribution in [0.2, 0.25) is 15.1 Å². The molecule has 0 aliphatic heterocycles. The van der Waals surface area contributed by atoms with Crippen molar-refractivity contribution in [3.63, 3.8) is 0 Å². The standard InChI is InChI=1S/C17H14Cl3NO4/c1-17(2,25-10-5-3-9(18)4-6-10)16(24)21-14-7-11(15(22)23)12(19)8-13(14)20/h3-8H,1-2H3,(H,21,24)(H,22,23). The molecule has 0 radical (unpaired) electrons. The van der Waals surface area contributed by atoms with Gasteiger partial charge in [-0.25, -0.2) is 4.79 Å². The fourth-order valence-corrected chi connectivity index (χ4v) is 2.56. The van der Waals surface area contributed by atoms with E-state index in [9.17, 15) is 9.59 Å². The van der Waals surface area contributed by atoms with E-state index in [2.05, 4.69) is 5.32 Å². The molecule has 2 aromatic carbocycles. The van der Waals surface area contributed by atoms with Crippen LogP contribution in [0.15, 0.2) is 36.4 Å². The number of carboxylic acid groups (broad SMARTS) is 1. The minimum Gasteiger partial charge on any atom is -0.478 e. The normalized spacial score (nSPS) is 11.1. The van der Waals surface area contributed by atoms with Gasteiger partial charge in [0.1, 0.15) is 5.75 Å². The molecular weight excluding hydrogens is 389 g/mol. The van der Waals surface area contributed by atoms with Gasteiger partial charge in [0.25, 0.3) is 5.91 Å². The highest BCUT2D eigenvalue weighted by Gasteiger charge is 2.31. The number of carbonyl (C=O) groups is 2. The van der Waals surface area contributed by atoms with Gasteiger partial charge in [-0.3, -0.25) is 4.79 Å². The Morgan fingerprint density at radius 2 is 1.64 bits per heavy atom. The summed E-state index contributed by atoms with van der Waals surface area (Å²) in [6.07, 6.45) is 0. The lowest BCUT2D eigenvalue weighted by Crippen LogP contribution is -2.42. The zero-order valence-electron chi connectivity index (χ0n) is 13.3. The first-order valence-electron chi connectivity index (χ1n) is 7.08. The Bertz CT molecular complexity index is 819. The van der Waals surface area contributed by atoms with Crippen molar-refractivity contribution in [3.8, 4) is 5.75 Å². The molecule has 2 N–H and O–H groups in total. The monoisotopic (exact) mass is 401 g/mol. The summed E-state index contributed by atoms with van der Waals surface area (Å²) in [7, 11) is 0. The van der Waals surface area contributed by atoms with Crippen LogP contribution in [0.3, 0.4) is 0 Å². The average Bonchev–Trinajstić information content (AvgIpc) is 2.51. The lowest BCUT2D eigenvalue weighted by Gasteiger charge is -2.25. The Labute approximate surface area is 159 Å². The highest BCUT2D eigenvalue weighted by Crippen LogP contribution is 2.30. The van der Waals surface area contributed by atoms with Crippen LogP contribution in [0.5, 0.6) is 5.75 Å². The van der Waals surface area contributed by atoms with Gasteiger partial charge in [-0.2, -0.15) is 0 Å². The van der Waals surface area contributed by atoms with Crippen LogP contribution >= 0.6 is 34.8 Å². The van der Waals surface area contributed by atoms with Gasteiger partial charge in [0.15, 0.2) is 5.60 Å². The number of anilines is 1. The zero-order valence-corrected chi connectivity index (χ0v) is 15.5. The number of halogens is 3. The van der Waals surface area contributed by atoms with E-state index in [1.54, 1.807) is 38.1 Å². The third-order valence-corrected chi connectivity index (χ3v) is 4.15. The van der Waals surface area contributed by atoms with Crippen LogP contribution in [0.4, 0.5) is 5.69 Å². The maximum atomic E-state index is 12.5. The molecule has 5 nitrogen and oxygen atoms in total. The number of rotatable bonds is 5. The van der Waals surface area contributed by atoms with Crippen LogP contribution in [0.25, 0.3) is 0 Å². The van der Waals surface area contributed by atoms with Crippen molar-refractivity contribution >= 4 is 52.4 Å². The van der Waals surface area contributed by atoms with Crippen molar-refractivity contribution in [2.24, 2.45) is 0 Å². The third kappa shape index (κ3) is 4.78. The first-order chi connectivity index (χ1) is 11.6. The molecule has 8 heteroatoms. The minimum atomic E-state index is -1.25. The molecule has 0 heterocycles. The SMILES string of the molecule is CC(C)(Oc1ccc(Cl)cc1)C(=O)Nc1cc(C(=O)O)c(Cl)cc1Cl. The van der Waals surface area contributed by atoms with Gasteiger partial charge >= 0.3 is 5.97 Å². The molecule has 0 unspecified atom stereocenters. The summed E-state index contributed by atoms with van der Waals surface area (Å²) >= 11 is 17.7. The number of aromatic carboxylic acids is 1. The van der Waals surface area contributed by atoms with Gasteiger partial charge < -0.3 is 15.2 Å². The zero-order chi connectivity index (χ0) is 18.8. The molecule has 0 aromatic heterocycles. The Hall–Kier alpha value is -1.95. The quantitative estimate of drug-likeness (QED) is 0.726. The topological polar surface area (TPSA) is 75.6 Å². The Morgan fingerprint density at radius 3 is 2.20 bits per heavy atom. The molecule has 1 amide bonds. The van der Waals surface area contributed by atoms with E-state index >= 15 is 0 Å². The van der Waals surface area contributed by atoms with Crippen molar-refractivity contribution < 1.29 is 19.4 Å². The number of ether oxygens (including phenoxy) is 1. The molecule has 0 aliphatic rings. The number of nitrogens with one attached hydrogen (secondary N) is 1. The lowest BCUT2D eigenvalue weighted by atomic mass is 10.1. The summed E-state index contributed by atoms with van der Waals surface area (Å²) in [4.78, 5) is 23.7. The van der Waals surface area contributed by atoms with Gasteiger partial charge in [0.2, 0.25) is 0 Å². The molecule has 0 fully saturated rings. The van der Waals surface area contributed by atoms with Crippen molar-refractivity contribution in [3.05, 3.63) is 57.0 Å². The molecule has 0 bridgehead atoms. The van der Waals surface area contributed by atoms with E-state index in [1.807, 2.05) is 0 Å². The van der Waals surface area contributed by atoms with Gasteiger partial charge in [-0.1, -0.05) is 34.8 Å². The number of carbonyl (C=O) groups excluding carboxylic acids is 1. The fraction of sp³-hybridized carbons (Fsp3) is 0.176. The van der Waals surface area contributed by atoms with E-state index < -0.39 is 17.5 Å².